The topological polar surface area (TPSA) is 87.1 Å². The second-order valence-corrected chi connectivity index (χ2v) is 7.62. The highest BCUT2D eigenvalue weighted by Gasteiger charge is 2.07. The molecule has 0 bridgehead atoms. The molecule has 10 heteroatoms. The molecule has 7 nitrogen and oxygen atoms in total. The van der Waals surface area contributed by atoms with Crippen LogP contribution in [-0.2, 0) is 13.1 Å². The van der Waals surface area contributed by atoms with Crippen LogP contribution in [0.15, 0.2) is 77.9 Å². The smallest absolute Gasteiger partial charge is 0.250 e. The summed E-state index contributed by atoms with van der Waals surface area (Å²) in [6, 6.07) is 19.4. The maximum atomic E-state index is 13.2. The molecule has 4 aromatic rings. The van der Waals surface area contributed by atoms with Crippen molar-refractivity contribution in [1.29, 1.82) is 0 Å². The number of anilines is 3. The molecule has 3 N–H and O–H groups in total. The molecule has 0 aliphatic rings. The summed E-state index contributed by atoms with van der Waals surface area (Å²) in [5.74, 6) is 0.195. The van der Waals surface area contributed by atoms with Crippen LogP contribution in [-0.4, -0.2) is 21.2 Å². The Bertz CT molecular complexity index is 1180. The number of hydrogen-bond acceptors (Lipinski definition) is 7. The summed E-state index contributed by atoms with van der Waals surface area (Å²) in [4.78, 5) is 13.0. The van der Waals surface area contributed by atoms with Crippen molar-refractivity contribution in [3.63, 3.8) is 0 Å². The Morgan fingerprint density at radius 3 is 1.65 bits per heavy atom. The van der Waals surface area contributed by atoms with Crippen molar-refractivity contribution in [2.24, 2.45) is 5.10 Å². The zero-order valence-corrected chi connectivity index (χ0v) is 18.6. The molecular formula is C24H20ClF2N7. The van der Waals surface area contributed by atoms with Gasteiger partial charge in [0.05, 0.1) is 6.21 Å². The van der Waals surface area contributed by atoms with Crippen molar-refractivity contribution in [3.8, 4) is 0 Å². The highest BCUT2D eigenvalue weighted by atomic mass is 35.5. The van der Waals surface area contributed by atoms with E-state index >= 15 is 0 Å². The van der Waals surface area contributed by atoms with E-state index in [-0.39, 0.29) is 17.6 Å². The zero-order valence-electron chi connectivity index (χ0n) is 17.8. The van der Waals surface area contributed by atoms with Gasteiger partial charge in [-0.3, -0.25) is 0 Å². The maximum Gasteiger partial charge on any atom is 0.250 e. The fourth-order valence-corrected chi connectivity index (χ4v) is 2.99. The van der Waals surface area contributed by atoms with Crippen molar-refractivity contribution in [1.82, 2.24) is 15.0 Å². The fraction of sp³-hybridized carbons (Fsp3) is 0.0833. The number of nitrogens with zero attached hydrogens (tertiary/aromatic N) is 4. The first-order valence-corrected chi connectivity index (χ1v) is 10.7. The molecule has 1 heterocycles. The van der Waals surface area contributed by atoms with Gasteiger partial charge in [0.2, 0.25) is 17.8 Å². The normalized spacial score (nSPS) is 10.9. The standard InChI is InChI=1S/C24H20ClF2N7/c25-19-7-1-18(2-8-19)15-30-34-24-32-22(28-13-16-3-9-20(26)10-4-16)31-23(33-24)29-14-17-5-11-21(27)12-6-17/h1-12,15H,13-14H2,(H3,28,29,31,32,33,34)/b30-15+. The second-order valence-electron chi connectivity index (χ2n) is 7.19. The lowest BCUT2D eigenvalue weighted by molar-refractivity contribution is 0.626. The van der Waals surface area contributed by atoms with E-state index in [0.717, 1.165) is 16.7 Å². The highest BCUT2D eigenvalue weighted by molar-refractivity contribution is 6.30. The van der Waals surface area contributed by atoms with E-state index in [4.69, 9.17) is 11.6 Å². The molecular weight excluding hydrogens is 460 g/mol. The van der Waals surface area contributed by atoms with Gasteiger partial charge in [-0.05, 0) is 53.1 Å². The molecule has 4 rings (SSSR count). The van der Waals surface area contributed by atoms with Gasteiger partial charge in [0, 0.05) is 18.1 Å². The largest absolute Gasteiger partial charge is 0.350 e. The minimum atomic E-state index is -0.304. The third-order valence-electron chi connectivity index (χ3n) is 4.61. The van der Waals surface area contributed by atoms with Gasteiger partial charge in [-0.25, -0.2) is 14.2 Å². The zero-order chi connectivity index (χ0) is 23.8. The Morgan fingerprint density at radius 1 is 0.676 bits per heavy atom. The van der Waals surface area contributed by atoms with Crippen molar-refractivity contribution >= 4 is 35.7 Å². The number of aromatic nitrogens is 3. The molecule has 0 spiro atoms. The molecule has 0 saturated heterocycles. The third-order valence-corrected chi connectivity index (χ3v) is 4.86. The molecule has 0 unspecified atom stereocenters. The summed E-state index contributed by atoms with van der Waals surface area (Å²) >= 11 is 5.90. The van der Waals surface area contributed by atoms with Crippen LogP contribution in [0.5, 0.6) is 0 Å². The Morgan fingerprint density at radius 2 is 1.15 bits per heavy atom. The Balaban J connectivity index is 1.48. The quantitative estimate of drug-likeness (QED) is 0.218. The van der Waals surface area contributed by atoms with E-state index < -0.39 is 0 Å². The van der Waals surface area contributed by atoms with Gasteiger partial charge in [-0.15, -0.1) is 0 Å². The van der Waals surface area contributed by atoms with Gasteiger partial charge >= 0.3 is 0 Å². The highest BCUT2D eigenvalue weighted by Crippen LogP contribution is 2.13. The predicted octanol–water partition coefficient (Wildman–Crippen LogP) is 5.47. The van der Waals surface area contributed by atoms with Gasteiger partial charge in [0.15, 0.2) is 0 Å². The number of nitrogens with one attached hydrogen (secondary N) is 3. The summed E-state index contributed by atoms with van der Waals surface area (Å²) in [6.45, 7) is 0.768. The SMILES string of the molecule is Fc1ccc(CNc2nc(NCc3ccc(F)cc3)nc(N/N=C/c3ccc(Cl)cc3)n2)cc1. The Labute approximate surface area is 200 Å². The number of hydrogen-bond donors (Lipinski definition) is 3. The molecule has 0 fully saturated rings. The number of hydrazone groups is 1. The van der Waals surface area contributed by atoms with Crippen LogP contribution >= 0.6 is 11.6 Å². The first-order chi connectivity index (χ1) is 16.5. The number of halogens is 3. The van der Waals surface area contributed by atoms with Crippen LogP contribution in [0.25, 0.3) is 0 Å². The fourth-order valence-electron chi connectivity index (χ4n) is 2.86. The number of benzene rings is 3. The van der Waals surface area contributed by atoms with Crippen LogP contribution in [0.1, 0.15) is 16.7 Å². The van der Waals surface area contributed by atoms with E-state index in [1.165, 1.54) is 24.3 Å². The van der Waals surface area contributed by atoms with E-state index in [1.807, 2.05) is 12.1 Å². The summed E-state index contributed by atoms with van der Waals surface area (Å²) in [5, 5.41) is 11.0. The van der Waals surface area contributed by atoms with Gasteiger partial charge in [-0.2, -0.15) is 20.1 Å². The molecule has 0 aliphatic heterocycles. The van der Waals surface area contributed by atoms with Gasteiger partial charge < -0.3 is 10.6 Å². The van der Waals surface area contributed by atoms with Crippen LogP contribution in [0.4, 0.5) is 26.6 Å². The lowest BCUT2D eigenvalue weighted by Gasteiger charge is -2.10. The molecule has 0 aliphatic carbocycles. The van der Waals surface area contributed by atoms with Crippen molar-refractivity contribution in [3.05, 3.63) is 106 Å². The summed E-state index contributed by atoms with van der Waals surface area (Å²) in [5.41, 5.74) is 5.36. The van der Waals surface area contributed by atoms with Gasteiger partial charge in [0.25, 0.3) is 0 Å². The van der Waals surface area contributed by atoms with E-state index in [1.54, 1.807) is 42.6 Å². The van der Waals surface area contributed by atoms with Crippen molar-refractivity contribution in [2.75, 3.05) is 16.1 Å². The van der Waals surface area contributed by atoms with Gasteiger partial charge in [0.1, 0.15) is 11.6 Å². The average Bonchev–Trinajstić information content (AvgIpc) is 2.85. The summed E-state index contributed by atoms with van der Waals surface area (Å²) in [7, 11) is 0. The second kappa shape index (κ2) is 11.2. The monoisotopic (exact) mass is 479 g/mol. The lowest BCUT2D eigenvalue weighted by atomic mass is 10.2. The van der Waals surface area contributed by atoms with E-state index in [9.17, 15) is 8.78 Å². The van der Waals surface area contributed by atoms with Crippen LogP contribution < -0.4 is 16.1 Å². The maximum absolute atomic E-state index is 13.2. The molecule has 0 amide bonds. The van der Waals surface area contributed by atoms with Gasteiger partial charge in [-0.1, -0.05) is 48.0 Å². The first-order valence-electron chi connectivity index (χ1n) is 10.3. The summed E-state index contributed by atoms with van der Waals surface area (Å²) in [6.07, 6.45) is 1.61. The molecule has 0 saturated carbocycles. The first kappa shape index (κ1) is 23.1. The molecule has 1 aromatic heterocycles. The molecule has 0 radical (unpaired) electrons. The third kappa shape index (κ3) is 6.94. The van der Waals surface area contributed by atoms with Crippen LogP contribution in [0, 0.1) is 11.6 Å². The average molecular weight is 480 g/mol. The van der Waals surface area contributed by atoms with E-state index in [0.29, 0.717) is 30.0 Å². The lowest BCUT2D eigenvalue weighted by Crippen LogP contribution is -2.11. The molecule has 0 atom stereocenters. The Kier molecular flexibility index (Phi) is 7.56. The minimum absolute atomic E-state index is 0.212. The molecule has 3 aromatic carbocycles. The van der Waals surface area contributed by atoms with Crippen molar-refractivity contribution < 1.29 is 8.78 Å². The molecule has 172 valence electrons. The van der Waals surface area contributed by atoms with Crippen molar-refractivity contribution in [2.45, 2.75) is 13.1 Å². The number of rotatable bonds is 9. The predicted molar refractivity (Wildman–Crippen MR) is 130 cm³/mol. The van der Waals surface area contributed by atoms with E-state index in [2.05, 4.69) is 36.1 Å². The summed E-state index contributed by atoms with van der Waals surface area (Å²) < 4.78 is 26.3. The molecule has 34 heavy (non-hydrogen) atoms. The van der Waals surface area contributed by atoms with Crippen LogP contribution in [0.3, 0.4) is 0 Å². The van der Waals surface area contributed by atoms with Crippen LogP contribution in [0.2, 0.25) is 5.02 Å². The minimum Gasteiger partial charge on any atom is -0.350 e. The Hall–Kier alpha value is -4.11.